The highest BCUT2D eigenvalue weighted by Gasteiger charge is 2.53. The molecule has 4 fully saturated rings. The van der Waals surface area contributed by atoms with E-state index in [1.54, 1.807) is 0 Å². The number of allylic oxidation sites excluding steroid dienone is 4. The molecular weight excluding hydrogens is 460 g/mol. The fourth-order valence-corrected chi connectivity index (χ4v) is 7.81. The Hall–Kier alpha value is -1.95. The highest BCUT2D eigenvalue weighted by atomic mass is 16.3. The third-order valence-electron chi connectivity index (χ3n) is 10.4. The van der Waals surface area contributed by atoms with Gasteiger partial charge in [0.05, 0.1) is 23.7 Å². The van der Waals surface area contributed by atoms with E-state index < -0.39 is 18.3 Å². The van der Waals surface area contributed by atoms with Gasteiger partial charge in [-0.2, -0.15) is 0 Å². The van der Waals surface area contributed by atoms with Gasteiger partial charge >= 0.3 is 0 Å². The summed E-state index contributed by atoms with van der Waals surface area (Å²) in [7, 11) is 0. The van der Waals surface area contributed by atoms with E-state index in [1.165, 1.54) is 31.3 Å². The Morgan fingerprint density at radius 2 is 1.97 bits per heavy atom. The zero-order chi connectivity index (χ0) is 26.4. The molecule has 0 bridgehead atoms. The van der Waals surface area contributed by atoms with Crippen molar-refractivity contribution in [2.75, 3.05) is 0 Å². The van der Waals surface area contributed by atoms with Crippen LogP contribution in [0.25, 0.3) is 0 Å². The van der Waals surface area contributed by atoms with Crippen molar-refractivity contribution in [2.24, 2.45) is 23.2 Å². The second-order valence-electron chi connectivity index (χ2n) is 12.6. The van der Waals surface area contributed by atoms with Crippen LogP contribution in [0, 0.1) is 23.2 Å². The number of H-pyrrole nitrogens is 1. The van der Waals surface area contributed by atoms with Crippen molar-refractivity contribution in [3.05, 3.63) is 65.3 Å². The molecule has 1 aromatic heterocycles. The lowest BCUT2D eigenvalue weighted by atomic mass is 9.61. The maximum atomic E-state index is 11.2. The first-order valence-electron chi connectivity index (χ1n) is 14.5. The van der Waals surface area contributed by atoms with E-state index in [-0.39, 0.29) is 10.8 Å². The van der Waals surface area contributed by atoms with Gasteiger partial charge in [0, 0.05) is 18.3 Å². The van der Waals surface area contributed by atoms with Gasteiger partial charge in [0.15, 0.2) is 0 Å². The normalized spacial score (nSPS) is 37.3. The summed E-state index contributed by atoms with van der Waals surface area (Å²) in [5, 5.41) is 31.5. The molecule has 4 aliphatic carbocycles. The first-order valence-corrected chi connectivity index (χ1v) is 14.5. The first kappa shape index (κ1) is 26.6. The van der Waals surface area contributed by atoms with Crippen LogP contribution in [0.1, 0.15) is 90.1 Å². The van der Waals surface area contributed by atoms with Crippen molar-refractivity contribution < 1.29 is 15.3 Å². The molecule has 0 amide bonds. The molecule has 0 aromatic carbocycles. The van der Waals surface area contributed by atoms with E-state index >= 15 is 0 Å². The van der Waals surface area contributed by atoms with E-state index in [9.17, 15) is 15.3 Å². The summed E-state index contributed by atoms with van der Waals surface area (Å²) < 4.78 is 0. The number of imidazole rings is 1. The molecule has 5 rings (SSSR count). The first-order chi connectivity index (χ1) is 17.7. The molecule has 37 heavy (non-hydrogen) atoms. The van der Waals surface area contributed by atoms with Gasteiger partial charge in [-0.25, -0.2) is 4.98 Å². The number of aliphatic hydroxyl groups excluding tert-OH is 3. The molecule has 0 saturated heterocycles. The number of hydrogen-bond acceptors (Lipinski definition) is 4. The van der Waals surface area contributed by atoms with Gasteiger partial charge in [-0.15, -0.1) is 0 Å². The summed E-state index contributed by atoms with van der Waals surface area (Å²) in [4.78, 5) is 8.02. The molecule has 0 radical (unpaired) electrons. The zero-order valence-electron chi connectivity index (χ0n) is 22.9. The van der Waals surface area contributed by atoms with Crippen molar-refractivity contribution in [1.82, 2.24) is 9.97 Å². The third kappa shape index (κ3) is 4.95. The minimum Gasteiger partial charge on any atom is -0.393 e. The number of hydrogen-bond donors (Lipinski definition) is 4. The molecule has 4 saturated carbocycles. The molecule has 0 aliphatic heterocycles. The van der Waals surface area contributed by atoms with Crippen molar-refractivity contribution in [3.8, 4) is 0 Å². The van der Waals surface area contributed by atoms with Crippen LogP contribution in [0.2, 0.25) is 0 Å². The largest absolute Gasteiger partial charge is 0.393 e. The molecule has 1 aromatic rings. The Labute approximate surface area is 222 Å². The molecule has 7 atom stereocenters. The van der Waals surface area contributed by atoms with Gasteiger partial charge in [0.2, 0.25) is 0 Å². The number of aromatic nitrogens is 2. The smallest absolute Gasteiger partial charge is 0.115 e. The van der Waals surface area contributed by atoms with Crippen molar-refractivity contribution >= 4 is 0 Å². The van der Waals surface area contributed by atoms with Crippen LogP contribution in [-0.4, -0.2) is 43.6 Å². The van der Waals surface area contributed by atoms with Crippen molar-refractivity contribution in [2.45, 2.75) is 109 Å². The lowest BCUT2D eigenvalue weighted by Crippen LogP contribution is -2.35. The van der Waals surface area contributed by atoms with Crippen LogP contribution in [-0.2, 0) is 11.8 Å². The minimum absolute atomic E-state index is 0.232. The average molecular weight is 507 g/mol. The molecule has 4 N–H and O–H groups in total. The molecular formula is C32H46N2O3. The Morgan fingerprint density at radius 3 is 2.68 bits per heavy atom. The van der Waals surface area contributed by atoms with E-state index in [2.05, 4.69) is 61.6 Å². The predicted octanol–water partition coefficient (Wildman–Crippen LogP) is 5.70. The van der Waals surface area contributed by atoms with Gasteiger partial charge < -0.3 is 20.3 Å². The highest BCUT2D eigenvalue weighted by Crippen LogP contribution is 2.59. The van der Waals surface area contributed by atoms with Crippen molar-refractivity contribution in [3.63, 3.8) is 0 Å². The second-order valence-corrected chi connectivity index (χ2v) is 12.6. The van der Waals surface area contributed by atoms with Gasteiger partial charge in [-0.05, 0) is 92.1 Å². The molecule has 202 valence electrons. The third-order valence-corrected chi connectivity index (χ3v) is 10.4. The number of fused-ring (bicyclic) bond motifs is 1. The maximum Gasteiger partial charge on any atom is 0.115 e. The fourth-order valence-electron chi connectivity index (χ4n) is 7.81. The monoisotopic (exact) mass is 506 g/mol. The summed E-state index contributed by atoms with van der Waals surface area (Å²) >= 11 is 0. The summed E-state index contributed by atoms with van der Waals surface area (Å²) in [5.74, 6) is 2.51. The standard InChI is InChI=1S/C32H46N2O3/c1-5-24-19-33-30(34-24)32(15-16-32)29(37)13-8-20(2)26-11-12-27-22(7-6-14-31(26,27)4)9-10-23-17-25(35)18-28(36)21(23)3/h8-10,13,19-20,25-29,35-37H,3,5-7,11-12,14-18H2,1-2,4H3,(H,33,34)/b13-8+,22-9+,23-10+/t20-,25-,26-,27+,28+,29-,31-/m1/s1. The molecule has 5 heteroatoms. The summed E-state index contributed by atoms with van der Waals surface area (Å²) in [6, 6.07) is 0. The van der Waals surface area contributed by atoms with E-state index in [0.717, 1.165) is 48.3 Å². The second kappa shape index (κ2) is 10.3. The number of nitrogens with zero attached hydrogens (tertiary/aromatic N) is 1. The van der Waals surface area contributed by atoms with Gasteiger partial charge in [-0.3, -0.25) is 0 Å². The summed E-state index contributed by atoms with van der Waals surface area (Å²) in [6.07, 6.45) is 18.9. The number of aryl methyl sites for hydroxylation is 1. The zero-order valence-corrected chi connectivity index (χ0v) is 22.9. The quantitative estimate of drug-likeness (QED) is 0.357. The topological polar surface area (TPSA) is 89.4 Å². The number of aromatic amines is 1. The predicted molar refractivity (Wildman–Crippen MR) is 148 cm³/mol. The molecule has 0 spiro atoms. The Bertz CT molecular complexity index is 1090. The van der Waals surface area contributed by atoms with Crippen LogP contribution in [0.15, 0.2) is 53.8 Å². The van der Waals surface area contributed by atoms with Gasteiger partial charge in [0.1, 0.15) is 5.82 Å². The van der Waals surface area contributed by atoms with E-state index in [1.807, 2.05) is 6.20 Å². The lowest BCUT2D eigenvalue weighted by Gasteiger charge is -2.44. The SMILES string of the molecule is C=C1/C(=C/C=C2\CCC[C@]3(C)[C@@H]([C@H](C)/C=C/[C@@H](O)C4(c5ncc(CC)[nH]5)CC4)CC[C@@H]23)C[C@@H](O)C[C@@H]1O. The summed E-state index contributed by atoms with van der Waals surface area (Å²) in [5.41, 5.74) is 4.42. The molecule has 5 nitrogen and oxygen atoms in total. The van der Waals surface area contributed by atoms with Crippen LogP contribution in [0.5, 0.6) is 0 Å². The number of aliphatic hydroxyl groups is 3. The van der Waals surface area contributed by atoms with Crippen LogP contribution in [0.3, 0.4) is 0 Å². The average Bonchev–Trinajstić information content (AvgIpc) is 3.39. The maximum absolute atomic E-state index is 11.2. The molecule has 1 heterocycles. The number of rotatable bonds is 7. The molecule has 4 aliphatic rings. The Morgan fingerprint density at radius 1 is 1.19 bits per heavy atom. The van der Waals surface area contributed by atoms with E-state index in [4.69, 9.17) is 0 Å². The van der Waals surface area contributed by atoms with Crippen LogP contribution in [0.4, 0.5) is 0 Å². The summed E-state index contributed by atoms with van der Waals surface area (Å²) in [6.45, 7) is 11.0. The number of nitrogens with one attached hydrogen (secondary N) is 1. The van der Waals surface area contributed by atoms with E-state index in [0.29, 0.717) is 30.6 Å². The van der Waals surface area contributed by atoms with Gasteiger partial charge in [-0.1, -0.05) is 57.2 Å². The van der Waals surface area contributed by atoms with Gasteiger partial charge in [0.25, 0.3) is 0 Å². The Balaban J connectivity index is 1.28. The van der Waals surface area contributed by atoms with Crippen molar-refractivity contribution in [1.29, 1.82) is 0 Å². The van der Waals surface area contributed by atoms with Crippen LogP contribution >= 0.6 is 0 Å². The highest BCUT2D eigenvalue weighted by molar-refractivity contribution is 5.38. The minimum atomic E-state index is -0.639. The lowest BCUT2D eigenvalue weighted by molar-refractivity contribution is 0.0862. The molecule has 0 unspecified atom stereocenters. The van der Waals surface area contributed by atoms with Crippen LogP contribution < -0.4 is 0 Å². The fraction of sp³-hybridized carbons (Fsp3) is 0.656. The Kier molecular flexibility index (Phi) is 7.43.